The maximum atomic E-state index is 9.49. The van der Waals surface area contributed by atoms with Gasteiger partial charge in [0.05, 0.1) is 26.4 Å². The highest BCUT2D eigenvalue weighted by atomic mass is 16.5. The molecule has 0 aromatic carbocycles. The molecule has 2 N–H and O–H groups in total. The zero-order chi connectivity index (χ0) is 13.4. The van der Waals surface area contributed by atoms with Crippen molar-refractivity contribution in [2.24, 2.45) is 10.8 Å². The lowest BCUT2D eigenvalue weighted by atomic mass is 9.74. The Morgan fingerprint density at radius 3 is 1.41 bits per heavy atom. The second kappa shape index (κ2) is 8.03. The van der Waals surface area contributed by atoms with E-state index in [-0.39, 0.29) is 24.0 Å². The number of hydrogen-bond donors (Lipinski definition) is 2. The molecule has 0 aromatic heterocycles. The topological polar surface area (TPSA) is 58.9 Å². The monoisotopic (exact) mass is 248 g/mol. The van der Waals surface area contributed by atoms with E-state index in [1.165, 1.54) is 0 Å². The van der Waals surface area contributed by atoms with Crippen molar-refractivity contribution in [3.63, 3.8) is 0 Å². The fourth-order valence-electron chi connectivity index (χ4n) is 2.03. The summed E-state index contributed by atoms with van der Waals surface area (Å²) in [7, 11) is 0. The van der Waals surface area contributed by atoms with Crippen LogP contribution in [0.3, 0.4) is 0 Å². The average molecular weight is 248 g/mol. The Balaban J connectivity index is 4.47. The predicted octanol–water partition coefficient (Wildman–Crippen LogP) is 1.45. The average Bonchev–Trinajstić information content (AvgIpc) is 2.34. The van der Waals surface area contributed by atoms with E-state index in [2.05, 4.69) is 0 Å². The van der Waals surface area contributed by atoms with Crippen molar-refractivity contribution < 1.29 is 19.7 Å². The standard InChI is InChI=1S/C13H28O4/c1-5-16-10-12(3,8-14)7-13(4,9-15)11-17-6-2/h14-15H,5-11H2,1-4H3. The van der Waals surface area contributed by atoms with Gasteiger partial charge in [0, 0.05) is 24.0 Å². The second-order valence-electron chi connectivity index (χ2n) is 5.39. The lowest BCUT2D eigenvalue weighted by Crippen LogP contribution is -2.39. The molecular weight excluding hydrogens is 220 g/mol. The molecule has 0 spiro atoms. The molecule has 0 rings (SSSR count). The van der Waals surface area contributed by atoms with E-state index in [0.29, 0.717) is 32.8 Å². The van der Waals surface area contributed by atoms with Gasteiger partial charge in [-0.3, -0.25) is 0 Å². The van der Waals surface area contributed by atoms with Crippen molar-refractivity contribution >= 4 is 0 Å². The molecule has 0 aliphatic heterocycles. The summed E-state index contributed by atoms with van der Waals surface area (Å²) in [4.78, 5) is 0. The van der Waals surface area contributed by atoms with Crippen LogP contribution in [-0.4, -0.2) is 49.9 Å². The van der Waals surface area contributed by atoms with Gasteiger partial charge in [0.1, 0.15) is 0 Å². The molecule has 0 fully saturated rings. The Labute approximate surface area is 105 Å². The molecule has 0 heterocycles. The van der Waals surface area contributed by atoms with E-state index in [0.717, 1.165) is 0 Å². The summed E-state index contributed by atoms with van der Waals surface area (Å²) in [6.07, 6.45) is 0.674. The van der Waals surface area contributed by atoms with Crippen molar-refractivity contribution in [2.45, 2.75) is 34.1 Å². The van der Waals surface area contributed by atoms with Gasteiger partial charge in [0.15, 0.2) is 0 Å². The number of hydrogen-bond acceptors (Lipinski definition) is 4. The first-order valence-electron chi connectivity index (χ1n) is 6.32. The zero-order valence-corrected chi connectivity index (χ0v) is 11.7. The minimum Gasteiger partial charge on any atom is -0.396 e. The Bertz CT molecular complexity index is 178. The molecule has 0 amide bonds. The highest BCUT2D eigenvalue weighted by Crippen LogP contribution is 2.34. The van der Waals surface area contributed by atoms with Crippen LogP contribution in [0.1, 0.15) is 34.1 Å². The summed E-state index contributed by atoms with van der Waals surface area (Å²) in [5.41, 5.74) is -0.658. The molecule has 4 nitrogen and oxygen atoms in total. The molecule has 4 heteroatoms. The van der Waals surface area contributed by atoms with Crippen LogP contribution in [-0.2, 0) is 9.47 Å². The minimum absolute atomic E-state index is 0.0503. The van der Waals surface area contributed by atoms with Gasteiger partial charge in [0.2, 0.25) is 0 Å². The molecule has 104 valence electrons. The van der Waals surface area contributed by atoms with E-state index in [1.54, 1.807) is 0 Å². The fourth-order valence-corrected chi connectivity index (χ4v) is 2.03. The molecule has 17 heavy (non-hydrogen) atoms. The molecule has 0 radical (unpaired) electrons. The second-order valence-corrected chi connectivity index (χ2v) is 5.39. The number of rotatable bonds is 10. The molecule has 0 bridgehead atoms. The van der Waals surface area contributed by atoms with Crippen molar-refractivity contribution in [3.05, 3.63) is 0 Å². The lowest BCUT2D eigenvalue weighted by molar-refractivity contribution is -0.0494. The van der Waals surface area contributed by atoms with Gasteiger partial charge < -0.3 is 19.7 Å². The van der Waals surface area contributed by atoms with E-state index in [1.807, 2.05) is 27.7 Å². The molecular formula is C13H28O4. The summed E-state index contributed by atoms with van der Waals surface area (Å²) in [5.74, 6) is 0. The Morgan fingerprint density at radius 2 is 1.18 bits per heavy atom. The lowest BCUT2D eigenvalue weighted by Gasteiger charge is -2.37. The summed E-state index contributed by atoms with van der Waals surface area (Å²) >= 11 is 0. The van der Waals surface area contributed by atoms with Crippen LogP contribution in [0.15, 0.2) is 0 Å². The van der Waals surface area contributed by atoms with Crippen LogP contribution in [0.4, 0.5) is 0 Å². The first-order valence-corrected chi connectivity index (χ1v) is 6.32. The van der Waals surface area contributed by atoms with Gasteiger partial charge in [0.25, 0.3) is 0 Å². The van der Waals surface area contributed by atoms with E-state index in [4.69, 9.17) is 9.47 Å². The van der Waals surface area contributed by atoms with Crippen LogP contribution in [0.25, 0.3) is 0 Å². The molecule has 2 unspecified atom stereocenters. The third kappa shape index (κ3) is 6.36. The van der Waals surface area contributed by atoms with E-state index < -0.39 is 0 Å². The molecule has 0 aliphatic rings. The summed E-state index contributed by atoms with van der Waals surface area (Å²) in [5, 5.41) is 19.0. The molecule has 0 aromatic rings. The van der Waals surface area contributed by atoms with Crippen molar-refractivity contribution in [3.8, 4) is 0 Å². The van der Waals surface area contributed by atoms with Crippen LogP contribution in [0.5, 0.6) is 0 Å². The van der Waals surface area contributed by atoms with Crippen molar-refractivity contribution in [1.82, 2.24) is 0 Å². The first-order chi connectivity index (χ1) is 7.95. The Hall–Kier alpha value is -0.160. The molecule has 2 atom stereocenters. The smallest absolute Gasteiger partial charge is 0.0541 e. The van der Waals surface area contributed by atoms with E-state index in [9.17, 15) is 10.2 Å². The van der Waals surface area contributed by atoms with Crippen LogP contribution >= 0.6 is 0 Å². The number of aliphatic hydroxyl groups excluding tert-OH is 2. The first kappa shape index (κ1) is 16.8. The Morgan fingerprint density at radius 1 is 0.824 bits per heavy atom. The normalized spacial score (nSPS) is 18.7. The number of ether oxygens (including phenoxy) is 2. The SMILES string of the molecule is CCOCC(C)(CO)CC(C)(CO)COCC. The maximum Gasteiger partial charge on any atom is 0.0541 e. The summed E-state index contributed by atoms with van der Waals surface area (Å²) < 4.78 is 10.8. The molecule has 0 saturated carbocycles. The van der Waals surface area contributed by atoms with Gasteiger partial charge in [-0.1, -0.05) is 13.8 Å². The third-order valence-corrected chi connectivity index (χ3v) is 2.93. The fraction of sp³-hybridized carbons (Fsp3) is 1.00. The third-order valence-electron chi connectivity index (χ3n) is 2.93. The predicted molar refractivity (Wildman–Crippen MR) is 68.0 cm³/mol. The highest BCUT2D eigenvalue weighted by Gasteiger charge is 2.35. The molecule has 0 saturated heterocycles. The Kier molecular flexibility index (Phi) is 7.96. The van der Waals surface area contributed by atoms with Crippen molar-refractivity contribution in [2.75, 3.05) is 39.6 Å². The van der Waals surface area contributed by atoms with Gasteiger partial charge in [-0.05, 0) is 20.3 Å². The van der Waals surface area contributed by atoms with Gasteiger partial charge in [-0.2, -0.15) is 0 Å². The quantitative estimate of drug-likeness (QED) is 0.614. The van der Waals surface area contributed by atoms with Crippen LogP contribution in [0.2, 0.25) is 0 Å². The maximum absolute atomic E-state index is 9.49. The van der Waals surface area contributed by atoms with E-state index >= 15 is 0 Å². The molecule has 0 aliphatic carbocycles. The van der Waals surface area contributed by atoms with Crippen molar-refractivity contribution in [1.29, 1.82) is 0 Å². The van der Waals surface area contributed by atoms with Crippen LogP contribution in [0, 0.1) is 10.8 Å². The highest BCUT2D eigenvalue weighted by molar-refractivity contribution is 4.84. The van der Waals surface area contributed by atoms with Gasteiger partial charge in [-0.25, -0.2) is 0 Å². The number of aliphatic hydroxyl groups is 2. The van der Waals surface area contributed by atoms with Crippen LogP contribution < -0.4 is 0 Å². The summed E-state index contributed by atoms with van der Waals surface area (Å²) in [6, 6.07) is 0. The summed E-state index contributed by atoms with van der Waals surface area (Å²) in [6.45, 7) is 10.2. The zero-order valence-electron chi connectivity index (χ0n) is 11.7. The minimum atomic E-state index is -0.329. The van der Waals surface area contributed by atoms with Gasteiger partial charge in [-0.15, -0.1) is 0 Å². The van der Waals surface area contributed by atoms with Gasteiger partial charge >= 0.3 is 0 Å². The largest absolute Gasteiger partial charge is 0.396 e.